The van der Waals surface area contributed by atoms with E-state index in [4.69, 9.17) is 9.47 Å². The average Bonchev–Trinajstić information content (AvgIpc) is 2.88. The van der Waals surface area contributed by atoms with E-state index in [2.05, 4.69) is 5.32 Å². The van der Waals surface area contributed by atoms with E-state index in [1.165, 1.54) is 32.4 Å². The molecule has 0 bridgehead atoms. The van der Waals surface area contributed by atoms with Crippen LogP contribution in [0.1, 0.15) is 16.7 Å². The molecule has 1 amide bonds. The Bertz CT molecular complexity index is 872. The predicted molar refractivity (Wildman–Crippen MR) is 87.5 cm³/mol. The number of nitrogens with one attached hydrogen (secondary N) is 1. The zero-order chi connectivity index (χ0) is 18.2. The van der Waals surface area contributed by atoms with E-state index < -0.39 is 17.6 Å². The Morgan fingerprint density at radius 1 is 1.04 bits per heavy atom. The van der Waals surface area contributed by atoms with Crippen molar-refractivity contribution in [2.45, 2.75) is 6.18 Å². The quantitative estimate of drug-likeness (QED) is 0.844. The van der Waals surface area contributed by atoms with Crippen molar-refractivity contribution in [1.29, 1.82) is 0 Å². The van der Waals surface area contributed by atoms with Crippen molar-refractivity contribution in [1.82, 2.24) is 0 Å². The van der Waals surface area contributed by atoms with Crippen molar-refractivity contribution < 1.29 is 27.4 Å². The lowest BCUT2D eigenvalue weighted by Gasteiger charge is -2.10. The molecule has 0 atom stereocenters. The second kappa shape index (κ2) is 6.16. The van der Waals surface area contributed by atoms with Crippen LogP contribution in [-0.4, -0.2) is 20.1 Å². The van der Waals surface area contributed by atoms with Gasteiger partial charge >= 0.3 is 6.18 Å². The maximum Gasteiger partial charge on any atom is 0.416 e. The standard InChI is InChI=1S/C18H14F3NO3/c1-24-15-8-12-13(17(23)22-14(12)9-16(15)25-2)7-10-4-3-5-11(6-10)18(19,20)21/h3-9H,1-2H3,(H,22,23)/b13-7-. The third-order valence-corrected chi connectivity index (χ3v) is 3.83. The number of fused-ring (bicyclic) bond motifs is 1. The molecule has 1 aliphatic heterocycles. The van der Waals surface area contributed by atoms with Crippen molar-refractivity contribution in [2.75, 3.05) is 19.5 Å². The first-order valence-electron chi connectivity index (χ1n) is 7.30. The molecule has 0 aromatic heterocycles. The van der Waals surface area contributed by atoms with Crippen LogP contribution < -0.4 is 14.8 Å². The van der Waals surface area contributed by atoms with Crippen molar-refractivity contribution >= 4 is 23.2 Å². The molecule has 4 nitrogen and oxygen atoms in total. The van der Waals surface area contributed by atoms with Crippen molar-refractivity contribution in [2.24, 2.45) is 0 Å². The van der Waals surface area contributed by atoms with E-state index in [1.54, 1.807) is 12.1 Å². The van der Waals surface area contributed by atoms with E-state index in [1.807, 2.05) is 0 Å². The number of carbonyl (C=O) groups is 1. The number of hydrogen-bond acceptors (Lipinski definition) is 3. The largest absolute Gasteiger partial charge is 0.493 e. The van der Waals surface area contributed by atoms with Gasteiger partial charge in [-0.05, 0) is 29.8 Å². The fourth-order valence-electron chi connectivity index (χ4n) is 2.63. The maximum atomic E-state index is 12.8. The molecule has 1 N–H and O–H groups in total. The van der Waals surface area contributed by atoms with Gasteiger partial charge in [-0.2, -0.15) is 13.2 Å². The Kier molecular flexibility index (Phi) is 4.16. The number of amides is 1. The smallest absolute Gasteiger partial charge is 0.416 e. The van der Waals surface area contributed by atoms with Gasteiger partial charge in [0, 0.05) is 17.2 Å². The number of rotatable bonds is 3. The van der Waals surface area contributed by atoms with Gasteiger partial charge in [0.25, 0.3) is 5.91 Å². The van der Waals surface area contributed by atoms with Crippen LogP contribution in [0.4, 0.5) is 18.9 Å². The van der Waals surface area contributed by atoms with E-state index in [0.717, 1.165) is 12.1 Å². The van der Waals surface area contributed by atoms with Gasteiger partial charge in [-0.3, -0.25) is 4.79 Å². The molecular formula is C18H14F3NO3. The molecule has 3 rings (SSSR count). The summed E-state index contributed by atoms with van der Waals surface area (Å²) in [5.74, 6) is 0.470. The van der Waals surface area contributed by atoms with Crippen LogP contribution in [0.15, 0.2) is 36.4 Å². The third kappa shape index (κ3) is 3.17. The van der Waals surface area contributed by atoms with Crippen LogP contribution in [-0.2, 0) is 11.0 Å². The van der Waals surface area contributed by atoms with Crippen molar-refractivity contribution in [3.8, 4) is 11.5 Å². The van der Waals surface area contributed by atoms with Gasteiger partial charge in [-0.15, -0.1) is 0 Å². The SMILES string of the molecule is COc1cc2c(cc1OC)/C(=C/c1cccc(C(F)(F)F)c1)C(=O)N2. The number of anilines is 1. The van der Waals surface area contributed by atoms with Crippen molar-refractivity contribution in [3.63, 3.8) is 0 Å². The Balaban J connectivity index is 2.08. The normalized spacial score (nSPS) is 15.1. The highest BCUT2D eigenvalue weighted by atomic mass is 19.4. The number of halogens is 3. The summed E-state index contributed by atoms with van der Waals surface area (Å²) in [6.45, 7) is 0. The summed E-state index contributed by atoms with van der Waals surface area (Å²) in [5.41, 5.74) is 0.826. The minimum atomic E-state index is -4.44. The van der Waals surface area contributed by atoms with Gasteiger partial charge in [0.15, 0.2) is 11.5 Å². The first-order valence-corrected chi connectivity index (χ1v) is 7.30. The molecule has 2 aromatic carbocycles. The highest BCUT2D eigenvalue weighted by Crippen LogP contribution is 2.41. The number of methoxy groups -OCH3 is 2. The summed E-state index contributed by atoms with van der Waals surface area (Å²) >= 11 is 0. The molecular weight excluding hydrogens is 335 g/mol. The van der Waals surface area contributed by atoms with Crippen LogP contribution in [0.2, 0.25) is 0 Å². The highest BCUT2D eigenvalue weighted by molar-refractivity contribution is 6.35. The van der Waals surface area contributed by atoms with Crippen LogP contribution in [0.25, 0.3) is 11.6 Å². The topological polar surface area (TPSA) is 47.6 Å². The molecule has 2 aromatic rings. The van der Waals surface area contributed by atoms with Gasteiger partial charge < -0.3 is 14.8 Å². The summed E-state index contributed by atoms with van der Waals surface area (Å²) < 4.78 is 48.9. The Hall–Kier alpha value is -2.96. The number of hydrogen-bond donors (Lipinski definition) is 1. The van der Waals surface area contributed by atoms with Crippen LogP contribution in [0.5, 0.6) is 11.5 Å². The Labute approximate surface area is 141 Å². The van der Waals surface area contributed by atoms with Gasteiger partial charge in [0.2, 0.25) is 0 Å². The fraction of sp³-hybridized carbons (Fsp3) is 0.167. The maximum absolute atomic E-state index is 12.8. The molecule has 0 saturated heterocycles. The molecule has 0 radical (unpaired) electrons. The predicted octanol–water partition coefficient (Wildman–Crippen LogP) is 4.22. The fourth-order valence-corrected chi connectivity index (χ4v) is 2.63. The molecule has 130 valence electrons. The molecule has 0 aliphatic carbocycles. The van der Waals surface area contributed by atoms with Crippen molar-refractivity contribution in [3.05, 3.63) is 53.1 Å². The van der Waals surface area contributed by atoms with Gasteiger partial charge in [0.05, 0.1) is 25.5 Å². The highest BCUT2D eigenvalue weighted by Gasteiger charge is 2.31. The van der Waals surface area contributed by atoms with Crippen LogP contribution >= 0.6 is 0 Å². The molecule has 25 heavy (non-hydrogen) atoms. The zero-order valence-electron chi connectivity index (χ0n) is 13.4. The first-order chi connectivity index (χ1) is 11.8. The van der Waals surface area contributed by atoms with Gasteiger partial charge in [-0.25, -0.2) is 0 Å². The van der Waals surface area contributed by atoms with E-state index in [-0.39, 0.29) is 11.1 Å². The average molecular weight is 349 g/mol. The molecule has 0 spiro atoms. The molecule has 1 heterocycles. The summed E-state index contributed by atoms with van der Waals surface area (Å²) in [4.78, 5) is 12.2. The number of carbonyl (C=O) groups excluding carboxylic acids is 1. The summed E-state index contributed by atoms with van der Waals surface area (Å²) in [7, 11) is 2.94. The number of ether oxygens (including phenoxy) is 2. The first kappa shape index (κ1) is 16.9. The summed E-state index contributed by atoms with van der Waals surface area (Å²) in [6, 6.07) is 8.02. The second-order valence-corrected chi connectivity index (χ2v) is 5.39. The number of alkyl halides is 3. The molecule has 7 heteroatoms. The summed E-state index contributed by atoms with van der Waals surface area (Å²) in [5, 5.41) is 2.67. The van der Waals surface area contributed by atoms with Crippen LogP contribution in [0, 0.1) is 0 Å². The summed E-state index contributed by atoms with van der Waals surface area (Å²) in [6.07, 6.45) is -3.02. The molecule has 1 aliphatic rings. The zero-order valence-corrected chi connectivity index (χ0v) is 13.4. The Morgan fingerprint density at radius 3 is 2.36 bits per heavy atom. The van der Waals surface area contributed by atoms with E-state index in [9.17, 15) is 18.0 Å². The lowest BCUT2D eigenvalue weighted by molar-refractivity contribution is -0.137. The van der Waals surface area contributed by atoms with Crippen LogP contribution in [0.3, 0.4) is 0 Å². The second-order valence-electron chi connectivity index (χ2n) is 5.39. The molecule has 0 unspecified atom stereocenters. The monoisotopic (exact) mass is 349 g/mol. The van der Waals surface area contributed by atoms with E-state index in [0.29, 0.717) is 22.7 Å². The third-order valence-electron chi connectivity index (χ3n) is 3.83. The number of benzene rings is 2. The Morgan fingerprint density at radius 2 is 1.72 bits per heavy atom. The molecule has 0 fully saturated rings. The van der Waals surface area contributed by atoms with Gasteiger partial charge in [-0.1, -0.05) is 12.1 Å². The lowest BCUT2D eigenvalue weighted by atomic mass is 10.0. The van der Waals surface area contributed by atoms with E-state index >= 15 is 0 Å². The molecule has 0 saturated carbocycles. The minimum Gasteiger partial charge on any atom is -0.493 e. The van der Waals surface area contributed by atoms with Gasteiger partial charge in [0.1, 0.15) is 0 Å². The lowest BCUT2D eigenvalue weighted by Crippen LogP contribution is -2.05. The minimum absolute atomic E-state index is 0.260.